The predicted molar refractivity (Wildman–Crippen MR) is 92.1 cm³/mol. The lowest BCUT2D eigenvalue weighted by molar-refractivity contribution is 0.0692. The lowest BCUT2D eigenvalue weighted by Gasteiger charge is -2.32. The second-order valence-electron chi connectivity index (χ2n) is 5.84. The zero-order valence-corrected chi connectivity index (χ0v) is 14.5. The standard InChI is InChI=1S/C16H25N3O3S/c1-3-23(21,22)18-15-7-5-4-6-14(15)16(20)19-10-8-13(9-11-19)12-17-2/h4-7,13,17-18H,3,8-12H2,1-2H3. The van der Waals surface area contributed by atoms with Gasteiger partial charge in [-0.1, -0.05) is 12.1 Å². The van der Waals surface area contributed by atoms with E-state index in [-0.39, 0.29) is 11.7 Å². The van der Waals surface area contributed by atoms with Crippen molar-refractivity contribution >= 4 is 21.6 Å². The Kier molecular flexibility index (Phi) is 6.01. The fourth-order valence-corrected chi connectivity index (χ4v) is 3.45. The summed E-state index contributed by atoms with van der Waals surface area (Å²) in [5, 5.41) is 3.17. The van der Waals surface area contributed by atoms with Gasteiger partial charge in [-0.05, 0) is 51.4 Å². The van der Waals surface area contributed by atoms with Gasteiger partial charge in [0.1, 0.15) is 0 Å². The fourth-order valence-electron chi connectivity index (χ4n) is 2.80. The van der Waals surface area contributed by atoms with E-state index in [9.17, 15) is 13.2 Å². The van der Waals surface area contributed by atoms with Crippen LogP contribution in [-0.2, 0) is 10.0 Å². The van der Waals surface area contributed by atoms with Crippen molar-refractivity contribution < 1.29 is 13.2 Å². The van der Waals surface area contributed by atoms with Gasteiger partial charge in [0, 0.05) is 13.1 Å². The summed E-state index contributed by atoms with van der Waals surface area (Å²) >= 11 is 0. The van der Waals surface area contributed by atoms with E-state index < -0.39 is 10.0 Å². The number of hydrogen-bond acceptors (Lipinski definition) is 4. The van der Waals surface area contributed by atoms with E-state index in [4.69, 9.17) is 0 Å². The highest BCUT2D eigenvalue weighted by atomic mass is 32.2. The van der Waals surface area contributed by atoms with Gasteiger partial charge in [0.05, 0.1) is 17.0 Å². The maximum absolute atomic E-state index is 12.7. The zero-order valence-electron chi connectivity index (χ0n) is 13.7. The Morgan fingerprint density at radius 3 is 2.52 bits per heavy atom. The third-order valence-corrected chi connectivity index (χ3v) is 5.49. The molecule has 0 radical (unpaired) electrons. The van der Waals surface area contributed by atoms with Crippen LogP contribution in [-0.4, -0.2) is 51.7 Å². The Morgan fingerprint density at radius 2 is 1.91 bits per heavy atom. The van der Waals surface area contributed by atoms with Crippen LogP contribution in [0.25, 0.3) is 0 Å². The Bertz CT molecular complexity index is 638. The van der Waals surface area contributed by atoms with E-state index in [0.29, 0.717) is 30.3 Å². The number of hydrogen-bond donors (Lipinski definition) is 2. The molecule has 0 saturated carbocycles. The van der Waals surface area contributed by atoms with Crippen LogP contribution in [0, 0.1) is 5.92 Å². The van der Waals surface area contributed by atoms with Gasteiger partial charge >= 0.3 is 0 Å². The van der Waals surface area contributed by atoms with Gasteiger partial charge in [-0.3, -0.25) is 9.52 Å². The van der Waals surface area contributed by atoms with E-state index in [0.717, 1.165) is 19.4 Å². The van der Waals surface area contributed by atoms with Crippen LogP contribution >= 0.6 is 0 Å². The first kappa shape index (κ1) is 17.7. The van der Waals surface area contributed by atoms with Crippen LogP contribution in [0.4, 0.5) is 5.69 Å². The zero-order chi connectivity index (χ0) is 16.9. The van der Waals surface area contributed by atoms with Crippen molar-refractivity contribution in [2.45, 2.75) is 19.8 Å². The molecule has 1 fully saturated rings. The molecule has 1 amide bonds. The fraction of sp³-hybridized carbons (Fsp3) is 0.562. The van der Waals surface area contributed by atoms with Crippen LogP contribution < -0.4 is 10.0 Å². The minimum absolute atomic E-state index is 0.0229. The predicted octanol–water partition coefficient (Wildman–Crippen LogP) is 1.52. The highest BCUT2D eigenvalue weighted by molar-refractivity contribution is 7.92. The summed E-state index contributed by atoms with van der Waals surface area (Å²) in [6, 6.07) is 6.79. The van der Waals surface area contributed by atoms with E-state index in [1.165, 1.54) is 0 Å². The minimum atomic E-state index is -3.40. The lowest BCUT2D eigenvalue weighted by Crippen LogP contribution is -2.40. The summed E-state index contributed by atoms with van der Waals surface area (Å²) in [4.78, 5) is 14.5. The molecule has 1 heterocycles. The third kappa shape index (κ3) is 4.68. The summed E-state index contributed by atoms with van der Waals surface area (Å²) in [5.74, 6) is 0.463. The number of nitrogens with one attached hydrogen (secondary N) is 2. The van der Waals surface area contributed by atoms with Crippen molar-refractivity contribution in [1.82, 2.24) is 10.2 Å². The Labute approximate surface area is 138 Å². The topological polar surface area (TPSA) is 78.5 Å². The van der Waals surface area contributed by atoms with Gasteiger partial charge in [-0.2, -0.15) is 0 Å². The number of rotatable bonds is 6. The molecule has 128 valence electrons. The number of likely N-dealkylation sites (tertiary alicyclic amines) is 1. The summed E-state index contributed by atoms with van der Waals surface area (Å²) < 4.78 is 26.1. The molecule has 2 rings (SSSR count). The maximum atomic E-state index is 12.7. The second kappa shape index (κ2) is 7.79. The highest BCUT2D eigenvalue weighted by Crippen LogP contribution is 2.23. The molecule has 0 unspecified atom stereocenters. The smallest absolute Gasteiger partial charge is 0.255 e. The van der Waals surface area contributed by atoms with Crippen LogP contribution in [0.3, 0.4) is 0 Å². The number of piperidine rings is 1. The van der Waals surface area contributed by atoms with Gasteiger partial charge in [-0.25, -0.2) is 8.42 Å². The molecule has 0 atom stereocenters. The van der Waals surface area contributed by atoms with E-state index in [1.807, 2.05) is 11.9 Å². The molecule has 0 aliphatic carbocycles. The van der Waals surface area contributed by atoms with Crippen LogP contribution in [0.2, 0.25) is 0 Å². The van der Waals surface area contributed by atoms with Gasteiger partial charge < -0.3 is 10.2 Å². The summed E-state index contributed by atoms with van der Waals surface area (Å²) in [5.41, 5.74) is 0.772. The Balaban J connectivity index is 2.11. The summed E-state index contributed by atoms with van der Waals surface area (Å²) in [7, 11) is -1.47. The molecule has 1 saturated heterocycles. The minimum Gasteiger partial charge on any atom is -0.339 e. The number of amides is 1. The van der Waals surface area contributed by atoms with Crippen molar-refractivity contribution in [1.29, 1.82) is 0 Å². The maximum Gasteiger partial charge on any atom is 0.255 e. The molecule has 1 aliphatic rings. The van der Waals surface area contributed by atoms with Crippen LogP contribution in [0.5, 0.6) is 0 Å². The Hall–Kier alpha value is -1.60. The molecular weight excluding hydrogens is 314 g/mol. The molecule has 1 aromatic rings. The molecule has 6 nitrogen and oxygen atoms in total. The molecular formula is C16H25N3O3S. The molecule has 1 aromatic carbocycles. The van der Waals surface area contributed by atoms with Crippen molar-refractivity contribution in [3.05, 3.63) is 29.8 Å². The van der Waals surface area contributed by atoms with Gasteiger partial charge in [-0.15, -0.1) is 0 Å². The first-order valence-electron chi connectivity index (χ1n) is 8.00. The number of benzene rings is 1. The average molecular weight is 339 g/mol. The number of carbonyl (C=O) groups excluding carboxylic acids is 1. The highest BCUT2D eigenvalue weighted by Gasteiger charge is 2.25. The first-order valence-corrected chi connectivity index (χ1v) is 9.65. The SMILES string of the molecule is CCS(=O)(=O)Nc1ccccc1C(=O)N1CCC(CNC)CC1. The van der Waals surface area contributed by atoms with Gasteiger partial charge in [0.2, 0.25) is 10.0 Å². The van der Waals surface area contributed by atoms with Gasteiger partial charge in [0.15, 0.2) is 0 Å². The van der Waals surface area contributed by atoms with E-state index in [2.05, 4.69) is 10.0 Å². The average Bonchev–Trinajstić information content (AvgIpc) is 2.55. The number of anilines is 1. The number of carbonyl (C=O) groups is 1. The van der Waals surface area contributed by atoms with E-state index in [1.54, 1.807) is 31.2 Å². The van der Waals surface area contributed by atoms with Crippen molar-refractivity contribution in [2.24, 2.45) is 5.92 Å². The molecule has 23 heavy (non-hydrogen) atoms. The summed E-state index contributed by atoms with van der Waals surface area (Å²) in [6.45, 7) is 3.95. The largest absolute Gasteiger partial charge is 0.339 e. The van der Waals surface area contributed by atoms with Crippen molar-refractivity contribution in [2.75, 3.05) is 37.2 Å². The van der Waals surface area contributed by atoms with Crippen LogP contribution in [0.15, 0.2) is 24.3 Å². The number of para-hydroxylation sites is 1. The molecule has 0 spiro atoms. The Morgan fingerprint density at radius 1 is 1.26 bits per heavy atom. The van der Waals surface area contributed by atoms with Crippen molar-refractivity contribution in [3.8, 4) is 0 Å². The molecule has 7 heteroatoms. The number of nitrogens with zero attached hydrogens (tertiary/aromatic N) is 1. The van der Waals surface area contributed by atoms with Gasteiger partial charge in [0.25, 0.3) is 5.91 Å². The van der Waals surface area contributed by atoms with Crippen molar-refractivity contribution in [3.63, 3.8) is 0 Å². The lowest BCUT2D eigenvalue weighted by atomic mass is 9.96. The van der Waals surface area contributed by atoms with Crippen LogP contribution in [0.1, 0.15) is 30.1 Å². The molecule has 2 N–H and O–H groups in total. The van der Waals surface area contributed by atoms with E-state index >= 15 is 0 Å². The molecule has 0 bridgehead atoms. The number of sulfonamides is 1. The third-order valence-electron chi connectivity index (χ3n) is 4.20. The monoisotopic (exact) mass is 339 g/mol. The molecule has 0 aromatic heterocycles. The second-order valence-corrected chi connectivity index (χ2v) is 7.86. The molecule has 1 aliphatic heterocycles. The normalized spacial score (nSPS) is 16.3. The quantitative estimate of drug-likeness (QED) is 0.824. The summed E-state index contributed by atoms with van der Waals surface area (Å²) in [6.07, 6.45) is 1.94. The first-order chi connectivity index (χ1) is 11.0.